The third kappa shape index (κ3) is 2.93. The maximum Gasteiger partial charge on any atom is 0.245 e. The van der Waals surface area contributed by atoms with Crippen LogP contribution in [0.5, 0.6) is 0 Å². The lowest BCUT2D eigenvalue weighted by Crippen LogP contribution is -2.47. The molecule has 2 saturated heterocycles. The number of nitrogen functional groups attached to an aromatic ring is 1. The van der Waals surface area contributed by atoms with Crippen LogP contribution in [-0.4, -0.2) is 63.9 Å². The van der Waals surface area contributed by atoms with Crippen LogP contribution in [0, 0.1) is 0 Å². The van der Waals surface area contributed by atoms with E-state index in [0.717, 1.165) is 44.7 Å². The molecule has 0 unspecified atom stereocenters. The molecule has 2 N–H and O–H groups in total. The summed E-state index contributed by atoms with van der Waals surface area (Å²) in [4.78, 5) is 4.66. The van der Waals surface area contributed by atoms with Crippen LogP contribution in [0.1, 0.15) is 12.8 Å². The number of anilines is 2. The van der Waals surface area contributed by atoms with Gasteiger partial charge in [0.15, 0.2) is 0 Å². The van der Waals surface area contributed by atoms with E-state index in [4.69, 9.17) is 5.73 Å². The molecule has 2 fully saturated rings. The fraction of sp³-hybridized carbons (Fsp3) is 0.600. The molecule has 22 heavy (non-hydrogen) atoms. The molecule has 0 atom stereocenters. The highest BCUT2D eigenvalue weighted by atomic mass is 32.2. The minimum Gasteiger partial charge on any atom is -0.399 e. The van der Waals surface area contributed by atoms with E-state index >= 15 is 0 Å². The Labute approximate surface area is 132 Å². The lowest BCUT2D eigenvalue weighted by atomic mass is 10.2. The van der Waals surface area contributed by atoms with Crippen molar-refractivity contribution in [2.75, 3.05) is 56.9 Å². The van der Waals surface area contributed by atoms with Crippen LogP contribution in [0.2, 0.25) is 0 Å². The number of sulfonamides is 1. The van der Waals surface area contributed by atoms with Gasteiger partial charge in [0.2, 0.25) is 10.0 Å². The van der Waals surface area contributed by atoms with Gasteiger partial charge in [-0.1, -0.05) is 0 Å². The first-order chi connectivity index (χ1) is 10.5. The van der Waals surface area contributed by atoms with Crippen molar-refractivity contribution in [3.63, 3.8) is 0 Å². The Hall–Kier alpha value is -1.31. The average Bonchev–Trinajstić information content (AvgIpc) is 3.02. The molecule has 0 bridgehead atoms. The van der Waals surface area contributed by atoms with Crippen LogP contribution in [0.3, 0.4) is 0 Å². The highest BCUT2D eigenvalue weighted by Gasteiger charge is 2.31. The Morgan fingerprint density at radius 1 is 1.00 bits per heavy atom. The first-order valence-corrected chi connectivity index (χ1v) is 9.25. The number of hydrogen-bond acceptors (Lipinski definition) is 5. The number of nitrogens with zero attached hydrogens (tertiary/aromatic N) is 3. The lowest BCUT2D eigenvalue weighted by Gasteiger charge is -2.32. The first kappa shape index (κ1) is 15.6. The first-order valence-electron chi connectivity index (χ1n) is 7.81. The van der Waals surface area contributed by atoms with Gasteiger partial charge in [0, 0.05) is 45.0 Å². The molecule has 0 saturated carbocycles. The zero-order valence-electron chi connectivity index (χ0n) is 13.0. The van der Waals surface area contributed by atoms with E-state index in [2.05, 4.69) is 9.80 Å². The van der Waals surface area contributed by atoms with E-state index in [1.807, 2.05) is 13.1 Å². The molecule has 7 heteroatoms. The van der Waals surface area contributed by atoms with Gasteiger partial charge in [-0.25, -0.2) is 8.42 Å². The van der Waals surface area contributed by atoms with E-state index in [9.17, 15) is 8.42 Å². The molecule has 6 nitrogen and oxygen atoms in total. The van der Waals surface area contributed by atoms with Crippen molar-refractivity contribution >= 4 is 21.4 Å². The SMILES string of the molecule is CN1CCN(S(=O)(=O)c2cc(N)ccc2N2CCCC2)CC1. The third-order valence-corrected chi connectivity index (χ3v) is 6.44. The van der Waals surface area contributed by atoms with Crippen molar-refractivity contribution in [2.24, 2.45) is 0 Å². The summed E-state index contributed by atoms with van der Waals surface area (Å²) >= 11 is 0. The van der Waals surface area contributed by atoms with Crippen molar-refractivity contribution in [1.29, 1.82) is 0 Å². The van der Waals surface area contributed by atoms with Crippen LogP contribution in [-0.2, 0) is 10.0 Å². The van der Waals surface area contributed by atoms with E-state index in [-0.39, 0.29) is 0 Å². The minimum absolute atomic E-state index is 0.360. The normalized spacial score (nSPS) is 21.4. The summed E-state index contributed by atoms with van der Waals surface area (Å²) in [5.41, 5.74) is 7.16. The third-order valence-electron chi connectivity index (χ3n) is 4.51. The summed E-state index contributed by atoms with van der Waals surface area (Å²) in [6, 6.07) is 5.25. The highest BCUT2D eigenvalue weighted by molar-refractivity contribution is 7.89. The molecule has 2 heterocycles. The van der Waals surface area contributed by atoms with E-state index in [1.54, 1.807) is 16.4 Å². The highest BCUT2D eigenvalue weighted by Crippen LogP contribution is 2.32. The van der Waals surface area contributed by atoms with Gasteiger partial charge in [0.1, 0.15) is 4.90 Å². The van der Waals surface area contributed by atoms with Gasteiger partial charge >= 0.3 is 0 Å². The summed E-state index contributed by atoms with van der Waals surface area (Å²) in [7, 11) is -1.48. The number of hydrogen-bond donors (Lipinski definition) is 1. The lowest BCUT2D eigenvalue weighted by molar-refractivity contribution is 0.222. The fourth-order valence-electron chi connectivity index (χ4n) is 3.12. The van der Waals surface area contributed by atoms with Crippen molar-refractivity contribution in [3.05, 3.63) is 18.2 Å². The van der Waals surface area contributed by atoms with Crippen LogP contribution in [0.4, 0.5) is 11.4 Å². The van der Waals surface area contributed by atoms with Gasteiger partial charge in [-0.3, -0.25) is 0 Å². The topological polar surface area (TPSA) is 69.9 Å². The summed E-state index contributed by atoms with van der Waals surface area (Å²) in [6.07, 6.45) is 2.22. The monoisotopic (exact) mass is 324 g/mol. The largest absolute Gasteiger partial charge is 0.399 e. The number of rotatable bonds is 3. The molecular weight excluding hydrogens is 300 g/mol. The predicted molar refractivity (Wildman–Crippen MR) is 88.6 cm³/mol. The van der Waals surface area contributed by atoms with Gasteiger partial charge < -0.3 is 15.5 Å². The van der Waals surface area contributed by atoms with Crippen LogP contribution in [0.15, 0.2) is 23.1 Å². The van der Waals surface area contributed by atoms with Crippen LogP contribution < -0.4 is 10.6 Å². The second-order valence-corrected chi connectivity index (χ2v) is 8.04. The molecule has 1 aromatic rings. The maximum absolute atomic E-state index is 13.0. The van der Waals surface area contributed by atoms with Crippen molar-refractivity contribution in [1.82, 2.24) is 9.21 Å². The average molecular weight is 324 g/mol. The van der Waals surface area contributed by atoms with E-state index in [1.165, 1.54) is 0 Å². The zero-order valence-corrected chi connectivity index (χ0v) is 13.8. The Kier molecular flexibility index (Phi) is 4.29. The Morgan fingerprint density at radius 3 is 2.27 bits per heavy atom. The quantitative estimate of drug-likeness (QED) is 0.833. The summed E-state index contributed by atoms with van der Waals surface area (Å²) in [6.45, 7) is 4.42. The maximum atomic E-state index is 13.0. The molecule has 3 rings (SSSR count). The van der Waals surface area contributed by atoms with Crippen molar-refractivity contribution in [3.8, 4) is 0 Å². The number of likely N-dealkylation sites (N-methyl/N-ethyl adjacent to an activating group) is 1. The van der Waals surface area contributed by atoms with Crippen LogP contribution in [0.25, 0.3) is 0 Å². The number of benzene rings is 1. The summed E-state index contributed by atoms with van der Waals surface area (Å²) < 4.78 is 27.7. The molecule has 2 aliphatic rings. The zero-order chi connectivity index (χ0) is 15.7. The smallest absolute Gasteiger partial charge is 0.245 e. The molecule has 2 aliphatic heterocycles. The van der Waals surface area contributed by atoms with Crippen molar-refractivity contribution < 1.29 is 8.42 Å². The molecule has 0 aromatic heterocycles. The molecule has 0 amide bonds. The van der Waals surface area contributed by atoms with Gasteiger partial charge in [0.05, 0.1) is 5.69 Å². The molecule has 0 aliphatic carbocycles. The molecule has 122 valence electrons. The predicted octanol–water partition coefficient (Wildman–Crippen LogP) is 0.805. The standard InChI is InChI=1S/C15H24N4O2S/c1-17-8-10-19(11-9-17)22(20,21)15-12-13(16)4-5-14(15)18-6-2-3-7-18/h4-5,12H,2-3,6-11,16H2,1H3. The van der Waals surface area contributed by atoms with Gasteiger partial charge in [-0.2, -0.15) is 4.31 Å². The van der Waals surface area contributed by atoms with Gasteiger partial charge in [0.25, 0.3) is 0 Å². The Morgan fingerprint density at radius 2 is 1.64 bits per heavy atom. The van der Waals surface area contributed by atoms with Gasteiger partial charge in [-0.15, -0.1) is 0 Å². The second-order valence-electron chi connectivity index (χ2n) is 6.13. The van der Waals surface area contributed by atoms with Gasteiger partial charge in [-0.05, 0) is 38.1 Å². The number of nitrogens with two attached hydrogens (primary N) is 1. The second kappa shape index (κ2) is 6.06. The number of piperazine rings is 1. The van der Waals surface area contributed by atoms with E-state index < -0.39 is 10.0 Å². The van der Waals surface area contributed by atoms with E-state index in [0.29, 0.717) is 23.7 Å². The van der Waals surface area contributed by atoms with Crippen molar-refractivity contribution in [2.45, 2.75) is 17.7 Å². The molecule has 1 aromatic carbocycles. The summed E-state index contributed by atoms with van der Waals surface area (Å²) in [5.74, 6) is 0. The molecular formula is C15H24N4O2S. The van der Waals surface area contributed by atoms with Crippen LogP contribution >= 0.6 is 0 Å². The fourth-order valence-corrected chi connectivity index (χ4v) is 4.79. The molecule has 0 radical (unpaired) electrons. The Balaban J connectivity index is 1.96. The molecule has 0 spiro atoms. The minimum atomic E-state index is -3.49. The Bertz CT molecular complexity index is 633. The summed E-state index contributed by atoms with van der Waals surface area (Å²) in [5, 5.41) is 0.